The van der Waals surface area contributed by atoms with E-state index in [1.54, 1.807) is 0 Å². The molecule has 0 radical (unpaired) electrons. The van der Waals surface area contributed by atoms with E-state index in [0.717, 1.165) is 23.5 Å². The Morgan fingerprint density at radius 2 is 1.81 bits per heavy atom. The van der Waals surface area contributed by atoms with E-state index in [2.05, 4.69) is 30.5 Å². The average molecular weight is 244 g/mol. The molecule has 2 aliphatic rings. The van der Waals surface area contributed by atoms with Crippen molar-refractivity contribution in [3.8, 4) is 0 Å². The summed E-state index contributed by atoms with van der Waals surface area (Å²) in [6.07, 6.45) is 3.08. The third-order valence-corrected chi connectivity index (χ3v) is 4.64. The summed E-state index contributed by atoms with van der Waals surface area (Å²) in [5.74, 6) is 0. The van der Waals surface area contributed by atoms with Crippen LogP contribution >= 0.6 is 11.8 Å². The molecule has 0 aliphatic carbocycles. The highest BCUT2D eigenvalue weighted by Crippen LogP contribution is 2.26. The zero-order valence-corrected chi connectivity index (χ0v) is 11.2. The first-order chi connectivity index (χ1) is 7.67. The lowest BCUT2D eigenvalue weighted by Gasteiger charge is -2.35. The van der Waals surface area contributed by atoms with Crippen molar-refractivity contribution in [2.75, 3.05) is 26.2 Å². The molecule has 0 spiro atoms. The van der Waals surface area contributed by atoms with Crippen LogP contribution in [0, 0.1) is 0 Å². The van der Waals surface area contributed by atoms with E-state index in [0.29, 0.717) is 18.8 Å². The molecule has 0 aromatic carbocycles. The number of nitrogens with zero attached hydrogens (tertiary/aromatic N) is 1. The lowest BCUT2D eigenvalue weighted by molar-refractivity contribution is 0.0268. The average Bonchev–Trinajstić information content (AvgIpc) is 2.64. The molecule has 0 aromatic heterocycles. The highest BCUT2D eigenvalue weighted by Gasteiger charge is 2.29. The van der Waals surface area contributed by atoms with Crippen molar-refractivity contribution in [2.45, 2.75) is 49.4 Å². The Kier molecular flexibility index (Phi) is 4.53. The molecule has 0 amide bonds. The molecule has 2 saturated heterocycles. The molecule has 4 heteroatoms. The molecule has 2 heterocycles. The molecular weight excluding hydrogens is 220 g/mol. The molecule has 2 aliphatic heterocycles. The molecule has 2 rings (SSSR count). The van der Waals surface area contributed by atoms with E-state index in [1.165, 1.54) is 19.5 Å². The van der Waals surface area contributed by atoms with Gasteiger partial charge in [-0.25, -0.2) is 0 Å². The van der Waals surface area contributed by atoms with Crippen LogP contribution in [0.4, 0.5) is 0 Å². The number of hydrogen-bond acceptors (Lipinski definition) is 4. The lowest BCUT2D eigenvalue weighted by Crippen LogP contribution is -2.44. The molecule has 16 heavy (non-hydrogen) atoms. The first kappa shape index (κ1) is 12.7. The molecule has 3 nitrogen and oxygen atoms in total. The van der Waals surface area contributed by atoms with Gasteiger partial charge >= 0.3 is 0 Å². The van der Waals surface area contributed by atoms with Crippen LogP contribution in [0.3, 0.4) is 0 Å². The van der Waals surface area contributed by atoms with Crippen LogP contribution in [0.5, 0.6) is 0 Å². The fraction of sp³-hybridized carbons (Fsp3) is 1.00. The minimum absolute atomic E-state index is 0.319. The summed E-state index contributed by atoms with van der Waals surface area (Å²) in [5.41, 5.74) is 5.63. The molecule has 4 atom stereocenters. The Labute approximate surface area is 103 Å². The molecule has 4 unspecified atom stereocenters. The number of nitrogens with two attached hydrogens (primary N) is 1. The van der Waals surface area contributed by atoms with Crippen LogP contribution in [0.25, 0.3) is 0 Å². The SMILES string of the molecule is CC1CN(CC2CCC(CN)O2)CC(C)S1. The third-order valence-electron chi connectivity index (χ3n) is 3.42. The minimum atomic E-state index is 0.319. The predicted octanol–water partition coefficient (Wildman–Crippen LogP) is 1.32. The second-order valence-electron chi connectivity index (χ2n) is 5.17. The zero-order valence-electron chi connectivity index (χ0n) is 10.4. The Hall–Kier alpha value is 0.230. The van der Waals surface area contributed by atoms with E-state index >= 15 is 0 Å². The van der Waals surface area contributed by atoms with Crippen molar-refractivity contribution < 1.29 is 4.74 Å². The maximum Gasteiger partial charge on any atom is 0.0707 e. The Bertz CT molecular complexity index is 217. The first-order valence-electron chi connectivity index (χ1n) is 6.40. The van der Waals surface area contributed by atoms with E-state index in [4.69, 9.17) is 10.5 Å². The van der Waals surface area contributed by atoms with E-state index in [-0.39, 0.29) is 0 Å². The fourth-order valence-electron chi connectivity index (χ4n) is 2.81. The van der Waals surface area contributed by atoms with E-state index in [1.807, 2.05) is 0 Å². The Balaban J connectivity index is 1.77. The van der Waals surface area contributed by atoms with Crippen LogP contribution < -0.4 is 5.73 Å². The van der Waals surface area contributed by atoms with Gasteiger partial charge in [-0.3, -0.25) is 4.90 Å². The maximum atomic E-state index is 5.91. The molecule has 0 aromatic rings. The summed E-state index contributed by atoms with van der Waals surface area (Å²) in [7, 11) is 0. The smallest absolute Gasteiger partial charge is 0.0707 e. The molecular formula is C12H24N2OS. The lowest BCUT2D eigenvalue weighted by atomic mass is 10.2. The summed E-state index contributed by atoms with van der Waals surface area (Å²) >= 11 is 2.11. The standard InChI is InChI=1S/C12H24N2OS/c1-9-6-14(7-10(2)16-9)8-12-4-3-11(5-13)15-12/h9-12H,3-8,13H2,1-2H3. The summed E-state index contributed by atoms with van der Waals surface area (Å²) in [5, 5.41) is 1.52. The largest absolute Gasteiger partial charge is 0.372 e. The van der Waals surface area contributed by atoms with Crippen LogP contribution in [0.1, 0.15) is 26.7 Å². The van der Waals surface area contributed by atoms with Crippen LogP contribution in [-0.4, -0.2) is 53.8 Å². The van der Waals surface area contributed by atoms with Gasteiger partial charge in [-0.1, -0.05) is 13.8 Å². The van der Waals surface area contributed by atoms with Crippen molar-refractivity contribution in [3.05, 3.63) is 0 Å². The fourth-order valence-corrected chi connectivity index (χ4v) is 4.20. The topological polar surface area (TPSA) is 38.5 Å². The van der Waals surface area contributed by atoms with Crippen molar-refractivity contribution in [1.29, 1.82) is 0 Å². The number of rotatable bonds is 3. The van der Waals surface area contributed by atoms with Crippen LogP contribution in [-0.2, 0) is 4.74 Å². The van der Waals surface area contributed by atoms with Gasteiger partial charge in [0.25, 0.3) is 0 Å². The Morgan fingerprint density at radius 1 is 1.19 bits per heavy atom. The molecule has 2 fully saturated rings. The zero-order chi connectivity index (χ0) is 11.5. The van der Waals surface area contributed by atoms with Crippen molar-refractivity contribution in [3.63, 3.8) is 0 Å². The van der Waals surface area contributed by atoms with Gasteiger partial charge < -0.3 is 10.5 Å². The second kappa shape index (κ2) is 5.71. The number of thioether (sulfide) groups is 1. The summed E-state index contributed by atoms with van der Waals surface area (Å²) in [6, 6.07) is 0. The summed E-state index contributed by atoms with van der Waals surface area (Å²) in [6.45, 7) is 8.85. The number of hydrogen-bond donors (Lipinski definition) is 1. The van der Waals surface area contributed by atoms with Gasteiger partial charge in [0.1, 0.15) is 0 Å². The normalized spacial score (nSPS) is 41.4. The molecule has 2 N–H and O–H groups in total. The van der Waals surface area contributed by atoms with Gasteiger partial charge in [0.15, 0.2) is 0 Å². The van der Waals surface area contributed by atoms with Gasteiger partial charge in [-0.15, -0.1) is 0 Å². The van der Waals surface area contributed by atoms with E-state index in [9.17, 15) is 0 Å². The van der Waals surface area contributed by atoms with Crippen LogP contribution in [0.15, 0.2) is 0 Å². The van der Waals surface area contributed by atoms with Gasteiger partial charge in [0.05, 0.1) is 12.2 Å². The predicted molar refractivity (Wildman–Crippen MR) is 69.9 cm³/mol. The van der Waals surface area contributed by atoms with Crippen molar-refractivity contribution in [2.24, 2.45) is 5.73 Å². The Morgan fingerprint density at radius 3 is 2.38 bits per heavy atom. The quantitative estimate of drug-likeness (QED) is 0.812. The highest BCUT2D eigenvalue weighted by atomic mass is 32.2. The van der Waals surface area contributed by atoms with Crippen molar-refractivity contribution >= 4 is 11.8 Å². The second-order valence-corrected chi connectivity index (χ2v) is 7.05. The molecule has 0 saturated carbocycles. The monoisotopic (exact) mass is 244 g/mol. The number of ether oxygens (including phenoxy) is 1. The van der Waals surface area contributed by atoms with Gasteiger partial charge in [-0.05, 0) is 12.8 Å². The summed E-state index contributed by atoms with van der Waals surface area (Å²) < 4.78 is 5.91. The maximum absolute atomic E-state index is 5.91. The van der Waals surface area contributed by atoms with E-state index < -0.39 is 0 Å². The van der Waals surface area contributed by atoms with Crippen molar-refractivity contribution in [1.82, 2.24) is 4.90 Å². The third kappa shape index (κ3) is 3.36. The van der Waals surface area contributed by atoms with Crippen LogP contribution in [0.2, 0.25) is 0 Å². The van der Waals surface area contributed by atoms with Gasteiger partial charge in [0.2, 0.25) is 0 Å². The molecule has 0 bridgehead atoms. The molecule has 94 valence electrons. The van der Waals surface area contributed by atoms with Gasteiger partial charge in [-0.2, -0.15) is 11.8 Å². The highest BCUT2D eigenvalue weighted by molar-refractivity contribution is 8.00. The minimum Gasteiger partial charge on any atom is -0.372 e. The first-order valence-corrected chi connectivity index (χ1v) is 7.35. The van der Waals surface area contributed by atoms with Gasteiger partial charge in [0, 0.05) is 36.7 Å². The summed E-state index contributed by atoms with van der Waals surface area (Å²) in [4.78, 5) is 2.56.